The molecule has 0 saturated heterocycles. The van der Waals surface area contributed by atoms with Crippen molar-refractivity contribution in [3.63, 3.8) is 0 Å². The first-order valence-corrected chi connectivity index (χ1v) is 8.17. The summed E-state index contributed by atoms with van der Waals surface area (Å²) in [6.07, 6.45) is 0.624. The summed E-state index contributed by atoms with van der Waals surface area (Å²) >= 11 is 1.59. The van der Waals surface area contributed by atoms with Gasteiger partial charge in [0.05, 0.1) is 23.4 Å². The third kappa shape index (κ3) is 3.99. The van der Waals surface area contributed by atoms with Crippen LogP contribution in [-0.2, 0) is 16.1 Å². The molecule has 1 aliphatic carbocycles. The van der Waals surface area contributed by atoms with Crippen LogP contribution in [0.2, 0.25) is 0 Å². The lowest BCUT2D eigenvalue weighted by Crippen LogP contribution is -2.75. The number of halogens is 2. The SMILES string of the molecule is CCOC1CC(N)(C(=O)N(C)Cc2csc(C)n2)C1(C)C.Cl.Cl. The van der Waals surface area contributed by atoms with Crippen LogP contribution in [0, 0.1) is 12.3 Å². The van der Waals surface area contributed by atoms with Crippen LogP contribution in [0.1, 0.15) is 37.9 Å². The molecular weight excluding hydrogens is 357 g/mol. The fourth-order valence-corrected chi connectivity index (χ4v) is 3.54. The zero-order chi connectivity index (χ0) is 15.8. The highest BCUT2D eigenvalue weighted by atomic mass is 35.5. The molecule has 0 aromatic carbocycles. The predicted octanol–water partition coefficient (Wildman–Crippen LogP) is 2.79. The van der Waals surface area contributed by atoms with Gasteiger partial charge in [0, 0.05) is 30.9 Å². The Hall–Kier alpha value is -0.400. The molecule has 0 aliphatic heterocycles. The van der Waals surface area contributed by atoms with E-state index in [0.717, 1.165) is 10.7 Å². The molecule has 2 unspecified atom stereocenters. The summed E-state index contributed by atoms with van der Waals surface area (Å²) in [7, 11) is 1.79. The van der Waals surface area contributed by atoms with Gasteiger partial charge in [-0.3, -0.25) is 4.79 Å². The first kappa shape index (κ1) is 22.6. The number of rotatable bonds is 5. The van der Waals surface area contributed by atoms with E-state index in [1.807, 2.05) is 33.1 Å². The molecule has 1 saturated carbocycles. The molecule has 23 heavy (non-hydrogen) atoms. The highest BCUT2D eigenvalue weighted by molar-refractivity contribution is 7.09. The van der Waals surface area contributed by atoms with Crippen LogP contribution in [-0.4, -0.2) is 41.1 Å². The van der Waals surface area contributed by atoms with Crippen molar-refractivity contribution in [2.45, 2.75) is 52.3 Å². The third-order valence-electron chi connectivity index (χ3n) is 4.62. The second kappa shape index (κ2) is 8.12. The number of aromatic nitrogens is 1. The highest BCUT2D eigenvalue weighted by Crippen LogP contribution is 2.50. The van der Waals surface area contributed by atoms with E-state index in [9.17, 15) is 4.79 Å². The number of carbonyl (C=O) groups is 1. The third-order valence-corrected chi connectivity index (χ3v) is 5.45. The number of aryl methyl sites for hydroxylation is 1. The standard InChI is InChI=1S/C15H25N3O2S.2ClH/c1-6-20-12-7-15(16,14(12,3)4)13(19)18(5)8-11-9-21-10(2)17-11;;/h9,12H,6-8,16H2,1-5H3;2*1H. The lowest BCUT2D eigenvalue weighted by atomic mass is 9.54. The normalized spacial score (nSPS) is 24.9. The smallest absolute Gasteiger partial charge is 0.243 e. The highest BCUT2D eigenvalue weighted by Gasteiger charge is 2.63. The molecule has 1 aromatic heterocycles. The summed E-state index contributed by atoms with van der Waals surface area (Å²) in [4.78, 5) is 18.8. The number of hydrogen-bond acceptors (Lipinski definition) is 5. The topological polar surface area (TPSA) is 68.5 Å². The second-order valence-electron chi connectivity index (χ2n) is 6.36. The number of carbonyl (C=O) groups excluding carboxylic acids is 1. The average molecular weight is 384 g/mol. The Morgan fingerprint density at radius 1 is 1.52 bits per heavy atom. The number of nitrogens with zero attached hydrogens (tertiary/aromatic N) is 2. The zero-order valence-electron chi connectivity index (χ0n) is 14.3. The van der Waals surface area contributed by atoms with Crippen molar-refractivity contribution in [1.82, 2.24) is 9.88 Å². The molecule has 1 heterocycles. The van der Waals surface area contributed by atoms with Crippen molar-refractivity contribution >= 4 is 42.1 Å². The van der Waals surface area contributed by atoms with E-state index in [0.29, 0.717) is 19.6 Å². The zero-order valence-corrected chi connectivity index (χ0v) is 16.7. The Morgan fingerprint density at radius 3 is 2.57 bits per heavy atom. The van der Waals surface area contributed by atoms with Gasteiger partial charge in [0.15, 0.2) is 0 Å². The monoisotopic (exact) mass is 383 g/mol. The van der Waals surface area contributed by atoms with Crippen LogP contribution < -0.4 is 5.73 Å². The minimum Gasteiger partial charge on any atom is -0.378 e. The number of nitrogens with two attached hydrogens (primary N) is 1. The number of hydrogen-bond donors (Lipinski definition) is 1. The first-order valence-electron chi connectivity index (χ1n) is 7.29. The minimum atomic E-state index is -0.855. The summed E-state index contributed by atoms with van der Waals surface area (Å²) in [6.45, 7) is 9.09. The van der Waals surface area contributed by atoms with Crippen LogP contribution >= 0.6 is 36.2 Å². The van der Waals surface area contributed by atoms with Gasteiger partial charge in [-0.15, -0.1) is 36.2 Å². The quantitative estimate of drug-likeness (QED) is 0.848. The number of ether oxygens (including phenoxy) is 1. The van der Waals surface area contributed by atoms with Gasteiger partial charge in [0.1, 0.15) is 5.54 Å². The van der Waals surface area contributed by atoms with Crippen LogP contribution in [0.3, 0.4) is 0 Å². The molecule has 0 spiro atoms. The van der Waals surface area contributed by atoms with Gasteiger partial charge < -0.3 is 15.4 Å². The molecule has 2 rings (SSSR count). The maximum atomic E-state index is 12.7. The summed E-state index contributed by atoms with van der Waals surface area (Å²) < 4.78 is 5.68. The summed E-state index contributed by atoms with van der Waals surface area (Å²) in [5.41, 5.74) is 6.12. The lowest BCUT2D eigenvalue weighted by molar-refractivity contribution is -0.178. The Morgan fingerprint density at radius 2 is 2.13 bits per heavy atom. The molecular formula is C15H27Cl2N3O2S. The van der Waals surface area contributed by atoms with E-state index in [2.05, 4.69) is 4.98 Å². The molecule has 1 fully saturated rings. The van der Waals surface area contributed by atoms with Crippen LogP contribution in [0.15, 0.2) is 5.38 Å². The number of thiazole rings is 1. The van der Waals surface area contributed by atoms with Crippen molar-refractivity contribution in [3.8, 4) is 0 Å². The van der Waals surface area contributed by atoms with Gasteiger partial charge in [0.25, 0.3) is 0 Å². The van der Waals surface area contributed by atoms with Crippen molar-refractivity contribution < 1.29 is 9.53 Å². The number of amides is 1. The summed E-state index contributed by atoms with van der Waals surface area (Å²) in [5, 5.41) is 2.99. The Bertz CT molecular complexity index is 539. The van der Waals surface area contributed by atoms with E-state index in [1.165, 1.54) is 0 Å². The molecule has 0 bridgehead atoms. The molecule has 1 aliphatic rings. The van der Waals surface area contributed by atoms with Gasteiger partial charge in [-0.05, 0) is 13.8 Å². The first-order chi connectivity index (χ1) is 9.72. The molecule has 8 heteroatoms. The molecule has 1 aromatic rings. The van der Waals surface area contributed by atoms with E-state index < -0.39 is 5.54 Å². The predicted molar refractivity (Wildman–Crippen MR) is 98.6 cm³/mol. The fourth-order valence-electron chi connectivity index (χ4n) is 2.93. The Kier molecular flexibility index (Phi) is 7.98. The largest absolute Gasteiger partial charge is 0.378 e. The average Bonchev–Trinajstić information content (AvgIpc) is 2.82. The maximum Gasteiger partial charge on any atom is 0.243 e. The molecule has 5 nitrogen and oxygen atoms in total. The second-order valence-corrected chi connectivity index (χ2v) is 7.42. The van der Waals surface area contributed by atoms with E-state index in [4.69, 9.17) is 10.5 Å². The van der Waals surface area contributed by atoms with Crippen molar-refractivity contribution in [1.29, 1.82) is 0 Å². The summed E-state index contributed by atoms with van der Waals surface area (Å²) in [6, 6.07) is 0. The fraction of sp³-hybridized carbons (Fsp3) is 0.733. The molecule has 134 valence electrons. The van der Waals surface area contributed by atoms with E-state index in [1.54, 1.807) is 23.3 Å². The summed E-state index contributed by atoms with van der Waals surface area (Å²) in [5.74, 6) is -0.0332. The Labute approximate surface area is 154 Å². The van der Waals surface area contributed by atoms with Crippen LogP contribution in [0.25, 0.3) is 0 Å². The number of likely N-dealkylation sites (N-methyl/N-ethyl adjacent to an activating group) is 1. The Balaban J connectivity index is 0.00000242. The molecule has 0 radical (unpaired) electrons. The maximum absolute atomic E-state index is 12.7. The van der Waals surface area contributed by atoms with Crippen LogP contribution in [0.5, 0.6) is 0 Å². The lowest BCUT2D eigenvalue weighted by Gasteiger charge is -2.58. The molecule has 1 amide bonds. The van der Waals surface area contributed by atoms with E-state index in [-0.39, 0.29) is 42.2 Å². The van der Waals surface area contributed by atoms with Crippen molar-refractivity contribution in [2.75, 3.05) is 13.7 Å². The van der Waals surface area contributed by atoms with Gasteiger partial charge in [-0.2, -0.15) is 0 Å². The van der Waals surface area contributed by atoms with Crippen molar-refractivity contribution in [3.05, 3.63) is 16.1 Å². The van der Waals surface area contributed by atoms with Crippen LogP contribution in [0.4, 0.5) is 0 Å². The van der Waals surface area contributed by atoms with Gasteiger partial charge in [-0.25, -0.2) is 4.98 Å². The van der Waals surface area contributed by atoms with Gasteiger partial charge in [-0.1, -0.05) is 13.8 Å². The minimum absolute atomic E-state index is 0. The van der Waals surface area contributed by atoms with Gasteiger partial charge in [0.2, 0.25) is 5.91 Å². The van der Waals surface area contributed by atoms with E-state index >= 15 is 0 Å². The molecule has 2 N–H and O–H groups in total. The van der Waals surface area contributed by atoms with Crippen molar-refractivity contribution in [2.24, 2.45) is 11.1 Å². The molecule has 2 atom stereocenters. The van der Waals surface area contributed by atoms with Gasteiger partial charge >= 0.3 is 0 Å².